The first-order valence-electron chi connectivity index (χ1n) is 10.1. The minimum Gasteiger partial charge on any atom is -0.477 e. The third-order valence-corrected chi connectivity index (χ3v) is 6.15. The molecule has 1 amide bonds. The second-order valence-corrected chi connectivity index (χ2v) is 7.88. The van der Waals surface area contributed by atoms with Crippen LogP contribution in [0.15, 0.2) is 12.4 Å². The van der Waals surface area contributed by atoms with E-state index in [1.807, 2.05) is 11.0 Å². The van der Waals surface area contributed by atoms with Gasteiger partial charge in [0.25, 0.3) is 0 Å². The Bertz CT molecular complexity index is 606. The van der Waals surface area contributed by atoms with Gasteiger partial charge in [0.05, 0.1) is 12.3 Å². The lowest BCUT2D eigenvalue weighted by Crippen LogP contribution is -2.43. The first kappa shape index (κ1) is 17.7. The number of likely N-dealkylation sites (tertiary alicyclic amines) is 1. The Morgan fingerprint density at radius 1 is 1.12 bits per heavy atom. The number of nitrogens with zero attached hydrogens (tertiary/aromatic N) is 3. The minimum atomic E-state index is 0.169. The van der Waals surface area contributed by atoms with Crippen molar-refractivity contribution in [1.29, 1.82) is 0 Å². The smallest absolute Gasteiger partial charge is 0.225 e. The fraction of sp³-hybridized carbons (Fsp3) is 0.750. The van der Waals surface area contributed by atoms with Crippen LogP contribution in [0.1, 0.15) is 56.6 Å². The van der Waals surface area contributed by atoms with Gasteiger partial charge in [-0.25, -0.2) is 9.97 Å². The summed E-state index contributed by atoms with van der Waals surface area (Å²) >= 11 is 0. The lowest BCUT2D eigenvalue weighted by Gasteiger charge is -2.35. The molecule has 0 aromatic carbocycles. The van der Waals surface area contributed by atoms with Crippen LogP contribution < -0.4 is 4.74 Å². The van der Waals surface area contributed by atoms with Crippen LogP contribution in [0.3, 0.4) is 0 Å². The number of piperidine rings is 1. The van der Waals surface area contributed by atoms with Crippen molar-refractivity contribution >= 4 is 5.91 Å². The number of ether oxygens (including phenoxy) is 2. The van der Waals surface area contributed by atoms with Crippen LogP contribution in [-0.2, 0) is 9.53 Å². The van der Waals surface area contributed by atoms with Gasteiger partial charge in [-0.15, -0.1) is 0 Å². The Kier molecular flexibility index (Phi) is 5.68. The molecule has 2 aliphatic heterocycles. The molecular formula is C20H29N3O3. The van der Waals surface area contributed by atoms with Crippen LogP contribution in [-0.4, -0.2) is 53.7 Å². The van der Waals surface area contributed by atoms with E-state index in [9.17, 15) is 4.79 Å². The van der Waals surface area contributed by atoms with Gasteiger partial charge in [0.2, 0.25) is 11.8 Å². The summed E-state index contributed by atoms with van der Waals surface area (Å²) in [6.07, 6.45) is 9.16. The fourth-order valence-electron chi connectivity index (χ4n) is 4.09. The standard InChI is InChI=1S/C20H29N3O3/c24-20(17-6-10-25-11-7-17)23-8-4-15(5-9-23)13-26-19-12-18(21-14-22-19)16-2-1-3-16/h12,14-17H,1-11,13H2. The van der Waals surface area contributed by atoms with Gasteiger partial charge in [-0.3, -0.25) is 4.79 Å². The Hall–Kier alpha value is -1.69. The van der Waals surface area contributed by atoms with Gasteiger partial charge in [-0.1, -0.05) is 6.42 Å². The summed E-state index contributed by atoms with van der Waals surface area (Å²) in [5, 5.41) is 0. The van der Waals surface area contributed by atoms with Gasteiger partial charge in [-0.05, 0) is 44.4 Å². The largest absolute Gasteiger partial charge is 0.477 e. The van der Waals surface area contributed by atoms with Crippen LogP contribution in [0.2, 0.25) is 0 Å². The van der Waals surface area contributed by atoms with E-state index >= 15 is 0 Å². The predicted molar refractivity (Wildman–Crippen MR) is 97.0 cm³/mol. The van der Waals surface area contributed by atoms with Crippen molar-refractivity contribution < 1.29 is 14.3 Å². The molecule has 2 saturated heterocycles. The minimum absolute atomic E-state index is 0.169. The zero-order chi connectivity index (χ0) is 17.8. The Morgan fingerprint density at radius 3 is 2.58 bits per heavy atom. The molecule has 0 atom stereocenters. The van der Waals surface area contributed by atoms with E-state index in [-0.39, 0.29) is 5.92 Å². The lowest BCUT2D eigenvalue weighted by atomic mass is 9.83. The maximum Gasteiger partial charge on any atom is 0.225 e. The summed E-state index contributed by atoms with van der Waals surface area (Å²) < 4.78 is 11.3. The molecule has 1 aromatic heterocycles. The second-order valence-electron chi connectivity index (χ2n) is 7.88. The molecule has 3 aliphatic rings. The zero-order valence-electron chi connectivity index (χ0n) is 15.4. The second kappa shape index (κ2) is 8.33. The summed E-state index contributed by atoms with van der Waals surface area (Å²) in [5.41, 5.74) is 1.12. The molecule has 3 heterocycles. The van der Waals surface area contributed by atoms with Crippen molar-refractivity contribution in [3.63, 3.8) is 0 Å². The maximum absolute atomic E-state index is 12.6. The maximum atomic E-state index is 12.6. The third kappa shape index (κ3) is 4.17. The van der Waals surface area contributed by atoms with Crippen molar-refractivity contribution in [2.45, 2.75) is 50.9 Å². The quantitative estimate of drug-likeness (QED) is 0.809. The van der Waals surface area contributed by atoms with Gasteiger partial charge in [0.1, 0.15) is 6.33 Å². The number of carbonyl (C=O) groups excluding carboxylic acids is 1. The molecule has 0 unspecified atom stereocenters. The van der Waals surface area contributed by atoms with Crippen LogP contribution >= 0.6 is 0 Å². The van der Waals surface area contributed by atoms with E-state index in [2.05, 4.69) is 9.97 Å². The summed E-state index contributed by atoms with van der Waals surface area (Å²) in [5.74, 6) is 2.29. The van der Waals surface area contributed by atoms with Gasteiger partial charge >= 0.3 is 0 Å². The van der Waals surface area contributed by atoms with Crippen molar-refractivity contribution in [2.24, 2.45) is 11.8 Å². The first-order chi connectivity index (χ1) is 12.8. The monoisotopic (exact) mass is 359 g/mol. The number of aromatic nitrogens is 2. The van der Waals surface area contributed by atoms with Gasteiger partial charge in [0.15, 0.2) is 0 Å². The highest BCUT2D eigenvalue weighted by molar-refractivity contribution is 5.79. The molecule has 26 heavy (non-hydrogen) atoms. The molecule has 6 nitrogen and oxygen atoms in total. The Labute approximate surface area is 155 Å². The molecule has 0 spiro atoms. The number of carbonyl (C=O) groups is 1. The fourth-order valence-corrected chi connectivity index (χ4v) is 4.09. The number of hydrogen-bond donors (Lipinski definition) is 0. The van der Waals surface area contributed by atoms with Crippen molar-refractivity contribution in [1.82, 2.24) is 14.9 Å². The van der Waals surface area contributed by atoms with Crippen molar-refractivity contribution in [3.8, 4) is 5.88 Å². The van der Waals surface area contributed by atoms with Crippen LogP contribution in [0.25, 0.3) is 0 Å². The predicted octanol–water partition coefficient (Wildman–Crippen LogP) is 2.79. The number of hydrogen-bond acceptors (Lipinski definition) is 5. The highest BCUT2D eigenvalue weighted by Gasteiger charge is 2.29. The molecule has 0 bridgehead atoms. The van der Waals surface area contributed by atoms with Crippen molar-refractivity contribution in [2.75, 3.05) is 32.9 Å². The number of rotatable bonds is 5. The third-order valence-electron chi connectivity index (χ3n) is 6.15. The average Bonchev–Trinajstić information content (AvgIpc) is 2.66. The van der Waals surface area contributed by atoms with E-state index < -0.39 is 0 Å². The summed E-state index contributed by atoms with van der Waals surface area (Å²) in [7, 11) is 0. The topological polar surface area (TPSA) is 64.5 Å². The van der Waals surface area contributed by atoms with Gasteiger partial charge < -0.3 is 14.4 Å². The molecule has 1 aromatic rings. The van der Waals surface area contributed by atoms with Crippen LogP contribution in [0, 0.1) is 11.8 Å². The van der Waals surface area contributed by atoms with Crippen LogP contribution in [0.5, 0.6) is 5.88 Å². The van der Waals surface area contributed by atoms with E-state index in [1.54, 1.807) is 6.33 Å². The lowest BCUT2D eigenvalue weighted by molar-refractivity contribution is -0.140. The SMILES string of the molecule is O=C(C1CCOCC1)N1CCC(COc2cc(C3CCC3)ncn2)CC1. The Balaban J connectivity index is 1.22. The highest BCUT2D eigenvalue weighted by Crippen LogP contribution is 2.35. The van der Waals surface area contributed by atoms with E-state index in [1.165, 1.54) is 19.3 Å². The van der Waals surface area contributed by atoms with Crippen molar-refractivity contribution in [3.05, 3.63) is 18.1 Å². The molecular weight excluding hydrogens is 330 g/mol. The molecule has 3 fully saturated rings. The summed E-state index contributed by atoms with van der Waals surface area (Å²) in [4.78, 5) is 23.3. The molecule has 0 radical (unpaired) electrons. The number of amides is 1. The van der Waals surface area contributed by atoms with Gasteiger partial charge in [0, 0.05) is 44.2 Å². The Morgan fingerprint density at radius 2 is 1.88 bits per heavy atom. The molecule has 142 valence electrons. The normalized spacial score (nSPS) is 22.8. The molecule has 1 aliphatic carbocycles. The van der Waals surface area contributed by atoms with E-state index in [0.29, 0.717) is 30.2 Å². The molecule has 4 rings (SSSR count). The molecule has 6 heteroatoms. The zero-order valence-corrected chi connectivity index (χ0v) is 15.4. The average molecular weight is 359 g/mol. The van der Waals surface area contributed by atoms with E-state index in [4.69, 9.17) is 9.47 Å². The summed E-state index contributed by atoms with van der Waals surface area (Å²) in [6.45, 7) is 3.83. The molecule has 0 N–H and O–H groups in total. The molecule has 1 saturated carbocycles. The van der Waals surface area contributed by atoms with Crippen LogP contribution in [0.4, 0.5) is 0 Å². The summed E-state index contributed by atoms with van der Waals surface area (Å²) in [6, 6.07) is 2.01. The van der Waals surface area contributed by atoms with E-state index in [0.717, 1.165) is 57.7 Å². The van der Waals surface area contributed by atoms with Gasteiger partial charge in [-0.2, -0.15) is 0 Å². The first-order valence-corrected chi connectivity index (χ1v) is 10.1. The highest BCUT2D eigenvalue weighted by atomic mass is 16.5.